The lowest BCUT2D eigenvalue weighted by Gasteiger charge is -2.11. The van der Waals surface area contributed by atoms with Gasteiger partial charge >= 0.3 is 0 Å². The monoisotopic (exact) mass is 208 g/mol. The van der Waals surface area contributed by atoms with E-state index in [1.165, 1.54) is 12.1 Å². The number of rotatable bonds is 3. The van der Waals surface area contributed by atoms with E-state index < -0.39 is 11.9 Å². The topological polar surface area (TPSA) is 59.0 Å². The van der Waals surface area contributed by atoms with Crippen molar-refractivity contribution in [2.45, 2.75) is 26.0 Å². The van der Waals surface area contributed by atoms with Gasteiger partial charge in [-0.2, -0.15) is 5.26 Å². The van der Waals surface area contributed by atoms with E-state index in [1.54, 1.807) is 19.9 Å². The maximum atomic E-state index is 13.4. The first-order valence-electron chi connectivity index (χ1n) is 4.66. The first-order chi connectivity index (χ1) is 7.04. The summed E-state index contributed by atoms with van der Waals surface area (Å²) in [5.41, 5.74) is 6.30. The lowest BCUT2D eigenvalue weighted by atomic mass is 10.1. The highest BCUT2D eigenvalue weighted by molar-refractivity contribution is 5.31. The highest BCUT2D eigenvalue weighted by Gasteiger charge is 2.09. The normalized spacial score (nSPS) is 14.1. The quantitative estimate of drug-likeness (QED) is 0.827. The molecule has 1 unspecified atom stereocenters. The second-order valence-corrected chi connectivity index (χ2v) is 3.37. The minimum Gasteiger partial charge on any atom is -0.473 e. The molecule has 15 heavy (non-hydrogen) atoms. The van der Waals surface area contributed by atoms with E-state index in [1.807, 2.05) is 6.07 Å². The highest BCUT2D eigenvalue weighted by atomic mass is 19.1. The molecule has 3 nitrogen and oxygen atoms in total. The second kappa shape index (κ2) is 4.76. The molecule has 0 amide bonds. The van der Waals surface area contributed by atoms with Crippen molar-refractivity contribution in [3.63, 3.8) is 0 Å². The van der Waals surface area contributed by atoms with E-state index in [9.17, 15) is 4.39 Å². The van der Waals surface area contributed by atoms with Gasteiger partial charge in [0.05, 0.1) is 0 Å². The molecule has 0 heterocycles. The minimum absolute atomic E-state index is 0.0773. The third kappa shape index (κ3) is 2.93. The molecule has 0 saturated heterocycles. The molecule has 0 fully saturated rings. The molecule has 0 radical (unpaired) electrons. The Labute approximate surface area is 88.3 Å². The van der Waals surface area contributed by atoms with Crippen LogP contribution in [0.3, 0.4) is 0 Å². The molecule has 0 aliphatic heterocycles. The maximum absolute atomic E-state index is 13.4. The van der Waals surface area contributed by atoms with Crippen LogP contribution in [0.1, 0.15) is 25.5 Å². The predicted octanol–water partition coefficient (Wildman–Crippen LogP) is 2.14. The standard InChI is InChI=1S/C11H13FN2O/c1-7(6-13)15-11-4-3-9(8(2)14)5-10(11)12/h3-5,7-8H,14H2,1-2H3/t7?,8-/m0/s1. The van der Waals surface area contributed by atoms with E-state index in [0.717, 1.165) is 0 Å². The van der Waals surface area contributed by atoms with Crippen LogP contribution in [0.15, 0.2) is 18.2 Å². The van der Waals surface area contributed by atoms with Crippen LogP contribution in [0.5, 0.6) is 5.75 Å². The van der Waals surface area contributed by atoms with Crippen LogP contribution < -0.4 is 10.5 Å². The van der Waals surface area contributed by atoms with Gasteiger partial charge in [0.2, 0.25) is 0 Å². The molecule has 1 rings (SSSR count). The zero-order valence-corrected chi connectivity index (χ0v) is 8.70. The molecule has 2 N–H and O–H groups in total. The number of ether oxygens (including phenoxy) is 1. The third-order valence-corrected chi connectivity index (χ3v) is 1.97. The molecule has 4 heteroatoms. The molecule has 0 aliphatic rings. The van der Waals surface area contributed by atoms with Gasteiger partial charge in [-0.15, -0.1) is 0 Å². The molecule has 1 aromatic carbocycles. The van der Waals surface area contributed by atoms with Crippen molar-refractivity contribution in [2.75, 3.05) is 0 Å². The van der Waals surface area contributed by atoms with Crippen molar-refractivity contribution in [2.24, 2.45) is 5.73 Å². The maximum Gasteiger partial charge on any atom is 0.181 e. The first kappa shape index (κ1) is 11.5. The molecular weight excluding hydrogens is 195 g/mol. The van der Waals surface area contributed by atoms with E-state index >= 15 is 0 Å². The van der Waals surface area contributed by atoms with Crippen LogP contribution >= 0.6 is 0 Å². The summed E-state index contributed by atoms with van der Waals surface area (Å²) in [7, 11) is 0. The Morgan fingerprint density at radius 1 is 1.47 bits per heavy atom. The van der Waals surface area contributed by atoms with Crippen molar-refractivity contribution in [1.82, 2.24) is 0 Å². The van der Waals surface area contributed by atoms with Crippen LogP contribution in [0, 0.1) is 17.1 Å². The molecule has 0 spiro atoms. The highest BCUT2D eigenvalue weighted by Crippen LogP contribution is 2.21. The molecule has 80 valence electrons. The first-order valence-corrected chi connectivity index (χ1v) is 4.66. The van der Waals surface area contributed by atoms with Gasteiger partial charge < -0.3 is 10.5 Å². The summed E-state index contributed by atoms with van der Waals surface area (Å²) in [5, 5.41) is 8.51. The van der Waals surface area contributed by atoms with Crippen LogP contribution in [-0.2, 0) is 0 Å². The van der Waals surface area contributed by atoms with Gasteiger partial charge in [-0.05, 0) is 31.5 Å². The number of benzene rings is 1. The lowest BCUT2D eigenvalue weighted by molar-refractivity contribution is 0.263. The van der Waals surface area contributed by atoms with Crippen LogP contribution in [0.2, 0.25) is 0 Å². The van der Waals surface area contributed by atoms with Crippen molar-refractivity contribution in [3.8, 4) is 11.8 Å². The Hall–Kier alpha value is -1.60. The zero-order chi connectivity index (χ0) is 11.4. The Morgan fingerprint density at radius 2 is 2.13 bits per heavy atom. The Kier molecular flexibility index (Phi) is 3.64. The Bertz CT molecular complexity index is 385. The van der Waals surface area contributed by atoms with Gasteiger partial charge in [-0.1, -0.05) is 6.07 Å². The zero-order valence-electron chi connectivity index (χ0n) is 8.70. The van der Waals surface area contributed by atoms with Gasteiger partial charge in [-0.3, -0.25) is 0 Å². The fraction of sp³-hybridized carbons (Fsp3) is 0.364. The van der Waals surface area contributed by atoms with E-state index in [4.69, 9.17) is 15.7 Å². The average Bonchev–Trinajstić information content (AvgIpc) is 2.20. The SMILES string of the molecule is CC(C#N)Oc1ccc([C@H](C)N)cc1F. The molecule has 0 aromatic heterocycles. The number of hydrogen-bond donors (Lipinski definition) is 1. The third-order valence-electron chi connectivity index (χ3n) is 1.97. The number of hydrogen-bond acceptors (Lipinski definition) is 3. The largest absolute Gasteiger partial charge is 0.473 e. The van der Waals surface area contributed by atoms with E-state index in [2.05, 4.69) is 0 Å². The molecule has 0 saturated carbocycles. The van der Waals surface area contributed by atoms with Crippen LogP contribution in [0.25, 0.3) is 0 Å². The summed E-state index contributed by atoms with van der Waals surface area (Å²) >= 11 is 0. The molecule has 1 aromatic rings. The average molecular weight is 208 g/mol. The van der Waals surface area contributed by atoms with E-state index in [0.29, 0.717) is 5.56 Å². The van der Waals surface area contributed by atoms with Gasteiger partial charge in [0, 0.05) is 6.04 Å². The van der Waals surface area contributed by atoms with Gasteiger partial charge in [0.25, 0.3) is 0 Å². The summed E-state index contributed by atoms with van der Waals surface area (Å²) in [6.45, 7) is 3.33. The summed E-state index contributed by atoms with van der Waals surface area (Å²) in [4.78, 5) is 0. The van der Waals surface area contributed by atoms with E-state index in [-0.39, 0.29) is 11.8 Å². The van der Waals surface area contributed by atoms with Crippen LogP contribution in [0.4, 0.5) is 4.39 Å². The van der Waals surface area contributed by atoms with Gasteiger partial charge in [0.1, 0.15) is 6.07 Å². The lowest BCUT2D eigenvalue weighted by Crippen LogP contribution is -2.10. The summed E-state index contributed by atoms with van der Waals surface area (Å²) < 4.78 is 18.5. The summed E-state index contributed by atoms with van der Waals surface area (Å²) in [6, 6.07) is 6.14. The molecular formula is C11H13FN2O. The fourth-order valence-corrected chi connectivity index (χ4v) is 1.11. The number of nitriles is 1. The summed E-state index contributed by atoms with van der Waals surface area (Å²) in [6.07, 6.45) is -0.666. The van der Waals surface area contributed by atoms with Crippen molar-refractivity contribution in [1.29, 1.82) is 5.26 Å². The Balaban J connectivity index is 2.89. The van der Waals surface area contributed by atoms with Crippen molar-refractivity contribution in [3.05, 3.63) is 29.6 Å². The van der Waals surface area contributed by atoms with Gasteiger partial charge in [0.15, 0.2) is 17.7 Å². The molecule has 0 bridgehead atoms. The Morgan fingerprint density at radius 3 is 2.60 bits per heavy atom. The van der Waals surface area contributed by atoms with Crippen molar-refractivity contribution < 1.29 is 9.13 Å². The fourth-order valence-electron chi connectivity index (χ4n) is 1.11. The molecule has 2 atom stereocenters. The van der Waals surface area contributed by atoms with Crippen LogP contribution in [-0.4, -0.2) is 6.10 Å². The molecule has 0 aliphatic carbocycles. The second-order valence-electron chi connectivity index (χ2n) is 3.37. The summed E-state index contributed by atoms with van der Waals surface area (Å²) in [5.74, 6) is -0.416. The smallest absolute Gasteiger partial charge is 0.181 e. The van der Waals surface area contributed by atoms with Crippen molar-refractivity contribution >= 4 is 0 Å². The predicted molar refractivity (Wildman–Crippen MR) is 54.7 cm³/mol. The number of nitrogens with zero attached hydrogens (tertiary/aromatic N) is 1. The number of nitrogens with two attached hydrogens (primary N) is 1. The number of halogens is 1. The van der Waals surface area contributed by atoms with Gasteiger partial charge in [-0.25, -0.2) is 4.39 Å². The minimum atomic E-state index is -0.666.